The maximum atomic E-state index is 12.5. The Hall–Kier alpha value is -2.00. The third-order valence-electron chi connectivity index (χ3n) is 4.91. The summed E-state index contributed by atoms with van der Waals surface area (Å²) in [6.07, 6.45) is 1.40. The number of rotatable bonds is 4. The summed E-state index contributed by atoms with van der Waals surface area (Å²) in [5.74, 6) is 0.255. The number of carbonyl (C=O) groups excluding carboxylic acids is 1. The second-order valence-corrected chi connectivity index (χ2v) is 7.21. The first-order valence-corrected chi connectivity index (χ1v) is 9.25. The topological polar surface area (TPSA) is 23.6 Å². The van der Waals surface area contributed by atoms with Gasteiger partial charge < -0.3 is 9.80 Å². The number of benzene rings is 2. The van der Waals surface area contributed by atoms with Gasteiger partial charge in [-0.3, -0.25) is 4.79 Å². The molecule has 1 heterocycles. The molecule has 0 saturated carbocycles. The molecule has 2 aromatic rings. The molecule has 1 aliphatic heterocycles. The maximum absolute atomic E-state index is 12.5. The second-order valence-electron chi connectivity index (χ2n) is 6.78. The molecule has 1 amide bonds. The van der Waals surface area contributed by atoms with Gasteiger partial charge in [-0.05, 0) is 49.6 Å². The van der Waals surface area contributed by atoms with Crippen LogP contribution in [0.5, 0.6) is 0 Å². The van der Waals surface area contributed by atoms with Crippen molar-refractivity contribution >= 4 is 23.2 Å². The summed E-state index contributed by atoms with van der Waals surface area (Å²) in [5, 5.41) is 0.754. The summed E-state index contributed by atoms with van der Waals surface area (Å²) in [6.45, 7) is 7.49. The molecule has 1 saturated heterocycles. The molecular weight excluding hydrogens is 332 g/mol. The van der Waals surface area contributed by atoms with Gasteiger partial charge in [0.15, 0.2) is 0 Å². The van der Waals surface area contributed by atoms with Gasteiger partial charge in [-0.15, -0.1) is 0 Å². The van der Waals surface area contributed by atoms with Gasteiger partial charge in [0.25, 0.3) is 0 Å². The standard InChI is InChI=1S/C21H25ClN2O/c1-16-6-7-18(17(2)14-16)8-9-21(25)24-12-10-23(11-13-24)20-5-3-4-19(22)15-20/h3-7,14-15H,8-13H2,1-2H3. The first-order chi connectivity index (χ1) is 12.0. The molecule has 25 heavy (non-hydrogen) atoms. The van der Waals surface area contributed by atoms with Crippen LogP contribution in [0, 0.1) is 13.8 Å². The number of aryl methyl sites for hydroxylation is 3. The maximum Gasteiger partial charge on any atom is 0.223 e. The van der Waals surface area contributed by atoms with Crippen molar-refractivity contribution < 1.29 is 4.79 Å². The van der Waals surface area contributed by atoms with Crippen molar-refractivity contribution in [2.75, 3.05) is 31.1 Å². The van der Waals surface area contributed by atoms with Crippen LogP contribution in [0.1, 0.15) is 23.1 Å². The summed E-state index contributed by atoms with van der Waals surface area (Å²) in [7, 11) is 0. The van der Waals surface area contributed by atoms with Crippen molar-refractivity contribution in [3.8, 4) is 0 Å². The molecule has 0 aromatic heterocycles. The number of carbonyl (C=O) groups is 1. The molecule has 0 spiro atoms. The van der Waals surface area contributed by atoms with Crippen LogP contribution in [0.4, 0.5) is 5.69 Å². The van der Waals surface area contributed by atoms with Gasteiger partial charge in [-0.1, -0.05) is 41.4 Å². The van der Waals surface area contributed by atoms with Crippen LogP contribution in [-0.4, -0.2) is 37.0 Å². The largest absolute Gasteiger partial charge is 0.368 e. The highest BCUT2D eigenvalue weighted by molar-refractivity contribution is 6.30. The molecule has 1 aliphatic rings. The number of amides is 1. The summed E-state index contributed by atoms with van der Waals surface area (Å²) >= 11 is 6.07. The molecule has 0 bridgehead atoms. The van der Waals surface area contributed by atoms with Crippen LogP contribution >= 0.6 is 11.6 Å². The minimum absolute atomic E-state index is 0.255. The number of nitrogens with zero attached hydrogens (tertiary/aromatic N) is 2. The predicted molar refractivity (Wildman–Crippen MR) is 104 cm³/mol. The number of anilines is 1. The molecule has 3 nitrogen and oxygen atoms in total. The van der Waals surface area contributed by atoms with Gasteiger partial charge >= 0.3 is 0 Å². The summed E-state index contributed by atoms with van der Waals surface area (Å²) in [4.78, 5) is 16.8. The lowest BCUT2D eigenvalue weighted by atomic mass is 10.0. The van der Waals surface area contributed by atoms with Crippen LogP contribution in [0.25, 0.3) is 0 Å². The molecule has 1 fully saturated rings. The summed E-state index contributed by atoms with van der Waals surface area (Å²) in [5.41, 5.74) is 4.95. The minimum atomic E-state index is 0.255. The summed E-state index contributed by atoms with van der Waals surface area (Å²) in [6, 6.07) is 14.4. The Labute approximate surface area is 155 Å². The van der Waals surface area contributed by atoms with Crippen LogP contribution in [-0.2, 0) is 11.2 Å². The SMILES string of the molecule is Cc1ccc(CCC(=O)N2CCN(c3cccc(Cl)c3)CC2)c(C)c1. The van der Waals surface area contributed by atoms with Gasteiger partial charge in [0, 0.05) is 43.3 Å². The fourth-order valence-corrected chi connectivity index (χ4v) is 3.60. The van der Waals surface area contributed by atoms with Crippen LogP contribution in [0.15, 0.2) is 42.5 Å². The van der Waals surface area contributed by atoms with E-state index in [1.165, 1.54) is 16.7 Å². The van der Waals surface area contributed by atoms with Crippen LogP contribution in [0.2, 0.25) is 5.02 Å². The Balaban J connectivity index is 1.51. The quantitative estimate of drug-likeness (QED) is 0.818. The van der Waals surface area contributed by atoms with Crippen molar-refractivity contribution in [1.82, 2.24) is 4.90 Å². The molecule has 0 unspecified atom stereocenters. The Bertz CT molecular complexity index is 751. The van der Waals surface area contributed by atoms with Crippen molar-refractivity contribution in [1.29, 1.82) is 0 Å². The van der Waals surface area contributed by atoms with Crippen molar-refractivity contribution in [2.24, 2.45) is 0 Å². The smallest absolute Gasteiger partial charge is 0.223 e. The zero-order chi connectivity index (χ0) is 17.8. The van der Waals surface area contributed by atoms with Gasteiger partial charge in [0.05, 0.1) is 0 Å². The number of hydrogen-bond donors (Lipinski definition) is 0. The lowest BCUT2D eigenvalue weighted by Gasteiger charge is -2.36. The highest BCUT2D eigenvalue weighted by Gasteiger charge is 2.21. The highest BCUT2D eigenvalue weighted by Crippen LogP contribution is 2.21. The van der Waals surface area contributed by atoms with E-state index in [2.05, 4.69) is 43.0 Å². The molecule has 4 heteroatoms. The van der Waals surface area contributed by atoms with Crippen LogP contribution < -0.4 is 4.90 Å². The molecule has 0 aliphatic carbocycles. The first-order valence-electron chi connectivity index (χ1n) is 8.87. The predicted octanol–water partition coefficient (Wildman–Crippen LogP) is 4.24. The summed E-state index contributed by atoms with van der Waals surface area (Å²) < 4.78 is 0. The van der Waals surface area contributed by atoms with Crippen LogP contribution in [0.3, 0.4) is 0 Å². The van der Waals surface area contributed by atoms with Gasteiger partial charge in [0.2, 0.25) is 5.91 Å². The molecule has 3 rings (SSSR count). The molecule has 0 atom stereocenters. The highest BCUT2D eigenvalue weighted by atomic mass is 35.5. The normalized spacial score (nSPS) is 14.7. The average molecular weight is 357 g/mol. The lowest BCUT2D eigenvalue weighted by Crippen LogP contribution is -2.48. The Morgan fingerprint density at radius 1 is 1.04 bits per heavy atom. The number of halogens is 1. The zero-order valence-corrected chi connectivity index (χ0v) is 15.7. The Morgan fingerprint density at radius 3 is 2.48 bits per heavy atom. The first kappa shape index (κ1) is 17.8. The molecule has 2 aromatic carbocycles. The molecule has 0 radical (unpaired) electrons. The average Bonchev–Trinajstić information content (AvgIpc) is 2.61. The third-order valence-corrected chi connectivity index (χ3v) is 5.15. The van der Waals surface area contributed by atoms with Crippen molar-refractivity contribution in [2.45, 2.75) is 26.7 Å². The van der Waals surface area contributed by atoms with Gasteiger partial charge in [-0.25, -0.2) is 0 Å². The van der Waals surface area contributed by atoms with E-state index in [0.29, 0.717) is 6.42 Å². The van der Waals surface area contributed by atoms with E-state index in [4.69, 9.17) is 11.6 Å². The van der Waals surface area contributed by atoms with E-state index in [0.717, 1.165) is 43.3 Å². The van der Waals surface area contributed by atoms with E-state index in [1.807, 2.05) is 23.1 Å². The zero-order valence-electron chi connectivity index (χ0n) is 15.0. The molecule has 0 N–H and O–H groups in total. The van der Waals surface area contributed by atoms with E-state index in [1.54, 1.807) is 0 Å². The number of hydrogen-bond acceptors (Lipinski definition) is 2. The van der Waals surface area contributed by atoms with Crippen molar-refractivity contribution in [3.63, 3.8) is 0 Å². The molecular formula is C21H25ClN2O. The van der Waals surface area contributed by atoms with Gasteiger partial charge in [0.1, 0.15) is 0 Å². The van der Waals surface area contributed by atoms with E-state index >= 15 is 0 Å². The Kier molecular flexibility index (Phi) is 5.64. The fraction of sp³-hybridized carbons (Fsp3) is 0.381. The van der Waals surface area contributed by atoms with E-state index in [9.17, 15) is 4.79 Å². The van der Waals surface area contributed by atoms with Crippen molar-refractivity contribution in [3.05, 3.63) is 64.2 Å². The van der Waals surface area contributed by atoms with E-state index < -0.39 is 0 Å². The monoisotopic (exact) mass is 356 g/mol. The minimum Gasteiger partial charge on any atom is -0.368 e. The van der Waals surface area contributed by atoms with Gasteiger partial charge in [-0.2, -0.15) is 0 Å². The third kappa shape index (κ3) is 4.55. The lowest BCUT2D eigenvalue weighted by molar-refractivity contribution is -0.131. The Morgan fingerprint density at radius 2 is 1.80 bits per heavy atom. The fourth-order valence-electron chi connectivity index (χ4n) is 3.41. The number of piperazine rings is 1. The molecule has 132 valence electrons. The second kappa shape index (κ2) is 7.92. The van der Waals surface area contributed by atoms with E-state index in [-0.39, 0.29) is 5.91 Å².